The molecule has 0 bridgehead atoms. The van der Waals surface area contributed by atoms with Crippen LogP contribution in [0.15, 0.2) is 6.07 Å². The van der Waals surface area contributed by atoms with E-state index >= 15 is 0 Å². The number of aryl methyl sites for hydroxylation is 2. The average molecular weight is 253 g/mol. The number of aliphatic hydroxyl groups excluding tert-OH is 1. The number of hydrogen-bond acceptors (Lipinski definition) is 3. The largest absolute Gasteiger partial charge is 0.392 e. The third-order valence-corrected chi connectivity index (χ3v) is 2.87. The smallest absolute Gasteiger partial charge is 0.228 e. The molecule has 0 aliphatic heterocycles. The lowest BCUT2D eigenvalue weighted by Crippen LogP contribution is -2.24. The Hall–Kier alpha value is -1.36. The fourth-order valence-corrected chi connectivity index (χ4v) is 1.64. The number of nitrogens with one attached hydrogen (secondary N) is 1. The molecule has 0 saturated heterocycles. The van der Waals surface area contributed by atoms with E-state index < -0.39 is 6.10 Å². The summed E-state index contributed by atoms with van der Waals surface area (Å²) in [5.41, 5.74) is 0.972. The van der Waals surface area contributed by atoms with Crippen molar-refractivity contribution in [3.05, 3.63) is 11.8 Å². The molecule has 0 spiro atoms. The highest BCUT2D eigenvalue weighted by molar-refractivity contribution is 5.90. The Morgan fingerprint density at radius 2 is 2.22 bits per heavy atom. The maximum absolute atomic E-state index is 11.7. The van der Waals surface area contributed by atoms with E-state index in [2.05, 4.69) is 17.3 Å². The zero-order chi connectivity index (χ0) is 13.7. The van der Waals surface area contributed by atoms with Crippen molar-refractivity contribution in [2.75, 3.05) is 5.32 Å². The third kappa shape index (κ3) is 4.14. The normalized spacial score (nSPS) is 12.8. The summed E-state index contributed by atoms with van der Waals surface area (Å²) < 4.78 is 1.66. The predicted molar refractivity (Wildman–Crippen MR) is 71.3 cm³/mol. The van der Waals surface area contributed by atoms with Crippen molar-refractivity contribution in [1.82, 2.24) is 9.78 Å². The second-order valence-electron chi connectivity index (χ2n) is 4.96. The number of anilines is 1. The molecule has 1 heterocycles. The van der Waals surface area contributed by atoms with Gasteiger partial charge in [-0.15, -0.1) is 0 Å². The van der Waals surface area contributed by atoms with E-state index in [1.54, 1.807) is 11.7 Å². The van der Waals surface area contributed by atoms with Gasteiger partial charge in [-0.3, -0.25) is 9.48 Å². The lowest BCUT2D eigenvalue weighted by Gasteiger charge is -2.13. The van der Waals surface area contributed by atoms with Crippen LogP contribution in [0.4, 0.5) is 5.82 Å². The van der Waals surface area contributed by atoms with Gasteiger partial charge in [-0.25, -0.2) is 0 Å². The van der Waals surface area contributed by atoms with Gasteiger partial charge in [0.05, 0.1) is 18.2 Å². The van der Waals surface area contributed by atoms with E-state index in [9.17, 15) is 9.90 Å². The number of amides is 1. The van der Waals surface area contributed by atoms with Crippen LogP contribution in [0.1, 0.15) is 39.3 Å². The zero-order valence-corrected chi connectivity index (χ0v) is 11.6. The van der Waals surface area contributed by atoms with Crippen molar-refractivity contribution in [2.24, 2.45) is 13.0 Å². The molecule has 2 N–H and O–H groups in total. The standard InChI is InChI=1S/C13H23N3O2/c1-5-6-10-7-12(16(4)15-10)14-13(18)8-11(17)9(2)3/h7,9,11,17H,5-6,8H2,1-4H3,(H,14,18). The van der Waals surface area contributed by atoms with Crippen molar-refractivity contribution in [2.45, 2.75) is 46.1 Å². The topological polar surface area (TPSA) is 67.2 Å². The minimum absolute atomic E-state index is 0.0814. The quantitative estimate of drug-likeness (QED) is 0.811. The second kappa shape index (κ2) is 6.54. The summed E-state index contributed by atoms with van der Waals surface area (Å²) in [5.74, 6) is 0.583. The van der Waals surface area contributed by atoms with Crippen molar-refractivity contribution >= 4 is 11.7 Å². The van der Waals surface area contributed by atoms with E-state index in [1.807, 2.05) is 19.9 Å². The fraction of sp³-hybridized carbons (Fsp3) is 0.692. The first-order valence-electron chi connectivity index (χ1n) is 6.44. The van der Waals surface area contributed by atoms with Crippen molar-refractivity contribution in [3.63, 3.8) is 0 Å². The molecule has 1 rings (SSSR count). The highest BCUT2D eigenvalue weighted by Crippen LogP contribution is 2.12. The van der Waals surface area contributed by atoms with Gasteiger partial charge in [0.25, 0.3) is 0 Å². The maximum Gasteiger partial charge on any atom is 0.228 e. The summed E-state index contributed by atoms with van der Waals surface area (Å²) in [6, 6.07) is 1.88. The van der Waals surface area contributed by atoms with Gasteiger partial charge >= 0.3 is 0 Å². The van der Waals surface area contributed by atoms with Gasteiger partial charge in [0, 0.05) is 13.1 Å². The van der Waals surface area contributed by atoms with Crippen LogP contribution in [-0.4, -0.2) is 26.9 Å². The Morgan fingerprint density at radius 1 is 1.56 bits per heavy atom. The number of hydrogen-bond donors (Lipinski definition) is 2. The number of aliphatic hydroxyl groups is 1. The van der Waals surface area contributed by atoms with Crippen molar-refractivity contribution < 1.29 is 9.90 Å². The molecule has 1 unspecified atom stereocenters. The Kier molecular flexibility index (Phi) is 5.34. The monoisotopic (exact) mass is 253 g/mol. The Bertz CT molecular complexity index is 399. The molecule has 0 aliphatic carbocycles. The molecular formula is C13H23N3O2. The first-order chi connectivity index (χ1) is 8.43. The molecular weight excluding hydrogens is 230 g/mol. The molecule has 1 atom stereocenters. The van der Waals surface area contributed by atoms with Gasteiger partial charge in [-0.1, -0.05) is 27.2 Å². The molecule has 0 aromatic carbocycles. The first-order valence-corrected chi connectivity index (χ1v) is 6.44. The summed E-state index contributed by atoms with van der Waals surface area (Å²) in [4.78, 5) is 11.7. The Labute approximate surface area is 108 Å². The van der Waals surface area contributed by atoms with Crippen LogP contribution < -0.4 is 5.32 Å². The molecule has 0 aliphatic rings. The van der Waals surface area contributed by atoms with Crippen LogP contribution >= 0.6 is 0 Å². The number of aromatic nitrogens is 2. The first kappa shape index (κ1) is 14.7. The number of carbonyl (C=O) groups is 1. The zero-order valence-electron chi connectivity index (χ0n) is 11.6. The summed E-state index contributed by atoms with van der Waals surface area (Å²) >= 11 is 0. The molecule has 102 valence electrons. The molecule has 5 nitrogen and oxygen atoms in total. The van der Waals surface area contributed by atoms with E-state index in [0.717, 1.165) is 18.5 Å². The van der Waals surface area contributed by atoms with Crippen LogP contribution in [0.2, 0.25) is 0 Å². The van der Waals surface area contributed by atoms with E-state index in [0.29, 0.717) is 5.82 Å². The predicted octanol–water partition coefficient (Wildman–Crippen LogP) is 1.72. The van der Waals surface area contributed by atoms with Gasteiger partial charge in [-0.05, 0) is 12.3 Å². The summed E-state index contributed by atoms with van der Waals surface area (Å²) in [5, 5.41) is 16.7. The molecule has 18 heavy (non-hydrogen) atoms. The van der Waals surface area contributed by atoms with Crippen LogP contribution in [0.3, 0.4) is 0 Å². The molecule has 0 saturated carbocycles. The summed E-state index contributed by atoms with van der Waals surface area (Å²) in [6.45, 7) is 5.87. The van der Waals surface area contributed by atoms with Gasteiger partial charge in [0.1, 0.15) is 5.82 Å². The number of nitrogens with zero attached hydrogens (tertiary/aromatic N) is 2. The molecule has 0 radical (unpaired) electrons. The van der Waals surface area contributed by atoms with E-state index in [-0.39, 0.29) is 18.2 Å². The Balaban J connectivity index is 2.58. The lowest BCUT2D eigenvalue weighted by atomic mass is 10.0. The van der Waals surface area contributed by atoms with Gasteiger partial charge < -0.3 is 10.4 Å². The van der Waals surface area contributed by atoms with Crippen molar-refractivity contribution in [3.8, 4) is 0 Å². The van der Waals surface area contributed by atoms with Gasteiger partial charge in [-0.2, -0.15) is 5.10 Å². The van der Waals surface area contributed by atoms with E-state index in [1.165, 1.54) is 0 Å². The van der Waals surface area contributed by atoms with Gasteiger partial charge in [0.2, 0.25) is 5.91 Å². The molecule has 1 aromatic heterocycles. The maximum atomic E-state index is 11.7. The highest BCUT2D eigenvalue weighted by atomic mass is 16.3. The van der Waals surface area contributed by atoms with Crippen LogP contribution in [0, 0.1) is 5.92 Å². The van der Waals surface area contributed by atoms with E-state index in [4.69, 9.17) is 0 Å². The number of rotatable bonds is 6. The fourth-order valence-electron chi connectivity index (χ4n) is 1.64. The SMILES string of the molecule is CCCc1cc(NC(=O)CC(O)C(C)C)n(C)n1. The third-order valence-electron chi connectivity index (χ3n) is 2.87. The lowest BCUT2D eigenvalue weighted by molar-refractivity contribution is -0.118. The Morgan fingerprint density at radius 3 is 2.78 bits per heavy atom. The van der Waals surface area contributed by atoms with Crippen LogP contribution in [-0.2, 0) is 18.3 Å². The molecule has 5 heteroatoms. The van der Waals surface area contributed by atoms with Crippen LogP contribution in [0.5, 0.6) is 0 Å². The average Bonchev–Trinajstić information content (AvgIpc) is 2.59. The summed E-state index contributed by atoms with van der Waals surface area (Å²) in [7, 11) is 1.80. The molecule has 1 aromatic rings. The highest BCUT2D eigenvalue weighted by Gasteiger charge is 2.15. The second-order valence-corrected chi connectivity index (χ2v) is 4.96. The van der Waals surface area contributed by atoms with Crippen LogP contribution in [0.25, 0.3) is 0 Å². The number of carbonyl (C=O) groups excluding carboxylic acids is 1. The minimum atomic E-state index is -0.603. The minimum Gasteiger partial charge on any atom is -0.392 e. The molecule has 1 amide bonds. The molecule has 0 fully saturated rings. The van der Waals surface area contributed by atoms with Crippen molar-refractivity contribution in [1.29, 1.82) is 0 Å². The van der Waals surface area contributed by atoms with Gasteiger partial charge in [0.15, 0.2) is 0 Å². The summed E-state index contributed by atoms with van der Waals surface area (Å²) in [6.07, 6.45) is 1.44.